The van der Waals surface area contributed by atoms with Gasteiger partial charge in [-0.2, -0.15) is 5.10 Å². The van der Waals surface area contributed by atoms with Crippen molar-refractivity contribution < 1.29 is 19.1 Å². The molecule has 10 heteroatoms. The maximum Gasteiger partial charge on any atom is 0.329 e. The molecule has 3 N–H and O–H groups in total. The Balaban J connectivity index is 1.40. The summed E-state index contributed by atoms with van der Waals surface area (Å²) in [6.45, 7) is 0.0227. The number of hydrazone groups is 1. The van der Waals surface area contributed by atoms with Gasteiger partial charge in [0, 0.05) is 22.3 Å². The summed E-state index contributed by atoms with van der Waals surface area (Å²) in [7, 11) is 0. The van der Waals surface area contributed by atoms with Crippen molar-refractivity contribution in [2.24, 2.45) is 5.10 Å². The van der Waals surface area contributed by atoms with Crippen LogP contribution in [0.4, 0.5) is 5.69 Å². The Morgan fingerprint density at radius 3 is 2.24 bits per heavy atom. The minimum absolute atomic E-state index is 0.217. The Morgan fingerprint density at radius 1 is 0.882 bits per heavy atom. The Morgan fingerprint density at radius 2 is 1.56 bits per heavy atom. The fourth-order valence-electron chi connectivity index (χ4n) is 2.70. The maximum absolute atomic E-state index is 12.0. The van der Waals surface area contributed by atoms with Gasteiger partial charge in [-0.1, -0.05) is 53.5 Å². The monoisotopic (exact) mass is 498 g/mol. The Labute approximate surface area is 205 Å². The van der Waals surface area contributed by atoms with Gasteiger partial charge in [0.25, 0.3) is 5.91 Å². The highest BCUT2D eigenvalue weighted by atomic mass is 35.5. The van der Waals surface area contributed by atoms with Gasteiger partial charge in [-0.05, 0) is 53.6 Å². The Kier molecular flexibility index (Phi) is 9.02. The van der Waals surface area contributed by atoms with Crippen LogP contribution in [0.3, 0.4) is 0 Å². The molecule has 0 aliphatic rings. The molecule has 34 heavy (non-hydrogen) atoms. The molecule has 0 fully saturated rings. The molecule has 0 atom stereocenters. The van der Waals surface area contributed by atoms with E-state index >= 15 is 0 Å². The lowest BCUT2D eigenvalue weighted by Crippen LogP contribution is -2.37. The zero-order chi connectivity index (χ0) is 24.3. The normalized spacial score (nSPS) is 10.5. The first kappa shape index (κ1) is 24.8. The predicted octanol–water partition coefficient (Wildman–Crippen LogP) is 3.78. The van der Waals surface area contributed by atoms with Crippen molar-refractivity contribution >= 4 is 52.8 Å². The molecular weight excluding hydrogens is 479 g/mol. The van der Waals surface area contributed by atoms with Gasteiger partial charge in [-0.3, -0.25) is 14.4 Å². The zero-order valence-corrected chi connectivity index (χ0v) is 19.3. The van der Waals surface area contributed by atoms with E-state index in [4.69, 9.17) is 27.9 Å². The van der Waals surface area contributed by atoms with E-state index < -0.39 is 11.8 Å². The summed E-state index contributed by atoms with van der Waals surface area (Å²) in [5.41, 5.74) is 4.16. The second-order valence-electron chi connectivity index (χ2n) is 6.93. The Bertz CT molecular complexity index is 1170. The lowest BCUT2D eigenvalue weighted by Gasteiger charge is -2.08. The first-order valence-electron chi connectivity index (χ1n) is 10.0. The number of ether oxygens (including phenoxy) is 1. The number of anilines is 1. The van der Waals surface area contributed by atoms with Crippen LogP contribution < -0.4 is 20.8 Å². The van der Waals surface area contributed by atoms with Gasteiger partial charge >= 0.3 is 11.8 Å². The number of nitrogens with zero attached hydrogens (tertiary/aromatic N) is 1. The standard InChI is InChI=1S/C24H20Cl2N4O4/c25-18-10-19(26)12-20(11-18)29-22(31)15-34-21-8-6-17(7-9-21)14-28-30-24(33)23(32)27-13-16-4-2-1-3-5-16/h1-12,14H,13,15H2,(H,27,32)(H,29,31)(H,30,33)/b28-14+. The molecule has 0 saturated carbocycles. The van der Waals surface area contributed by atoms with E-state index in [1.54, 1.807) is 42.5 Å². The summed E-state index contributed by atoms with van der Waals surface area (Å²) in [5, 5.41) is 9.74. The first-order valence-corrected chi connectivity index (χ1v) is 10.8. The van der Waals surface area contributed by atoms with Gasteiger partial charge < -0.3 is 15.4 Å². The Hall–Kier alpha value is -3.88. The smallest absolute Gasteiger partial charge is 0.329 e. The molecule has 0 aliphatic carbocycles. The van der Waals surface area contributed by atoms with Crippen LogP contribution in [0.1, 0.15) is 11.1 Å². The highest BCUT2D eigenvalue weighted by Gasteiger charge is 2.11. The summed E-state index contributed by atoms with van der Waals surface area (Å²) in [4.78, 5) is 35.7. The van der Waals surface area contributed by atoms with E-state index in [1.807, 2.05) is 30.3 Å². The van der Waals surface area contributed by atoms with E-state index in [0.29, 0.717) is 27.0 Å². The van der Waals surface area contributed by atoms with Crippen molar-refractivity contribution in [2.45, 2.75) is 6.54 Å². The van der Waals surface area contributed by atoms with E-state index in [9.17, 15) is 14.4 Å². The highest BCUT2D eigenvalue weighted by molar-refractivity contribution is 6.35. The van der Waals surface area contributed by atoms with Gasteiger partial charge in [-0.25, -0.2) is 5.43 Å². The van der Waals surface area contributed by atoms with Crippen molar-refractivity contribution in [3.8, 4) is 5.75 Å². The number of halogens is 2. The number of amides is 3. The molecule has 0 unspecified atom stereocenters. The van der Waals surface area contributed by atoms with Crippen molar-refractivity contribution in [3.05, 3.63) is 94.0 Å². The second-order valence-corrected chi connectivity index (χ2v) is 7.80. The average Bonchev–Trinajstić information content (AvgIpc) is 2.82. The topological polar surface area (TPSA) is 109 Å². The molecule has 0 aromatic heterocycles. The molecule has 174 valence electrons. The summed E-state index contributed by atoms with van der Waals surface area (Å²) < 4.78 is 5.45. The van der Waals surface area contributed by atoms with Crippen LogP contribution in [0, 0.1) is 0 Å². The van der Waals surface area contributed by atoms with Crippen LogP contribution in [0.25, 0.3) is 0 Å². The van der Waals surface area contributed by atoms with Crippen LogP contribution in [-0.2, 0) is 20.9 Å². The molecule has 3 aromatic rings. The number of nitrogens with one attached hydrogen (secondary N) is 3. The minimum atomic E-state index is -0.876. The zero-order valence-electron chi connectivity index (χ0n) is 17.8. The number of carbonyl (C=O) groups excluding carboxylic acids is 3. The van der Waals surface area contributed by atoms with Gasteiger partial charge in [0.2, 0.25) is 0 Å². The third-order valence-electron chi connectivity index (χ3n) is 4.28. The minimum Gasteiger partial charge on any atom is -0.484 e. The fourth-order valence-corrected chi connectivity index (χ4v) is 3.22. The van der Waals surface area contributed by atoms with Crippen molar-refractivity contribution in [1.82, 2.24) is 10.7 Å². The summed E-state index contributed by atoms with van der Waals surface area (Å²) >= 11 is 11.8. The third kappa shape index (κ3) is 8.23. The van der Waals surface area contributed by atoms with Crippen LogP contribution in [0.5, 0.6) is 5.75 Å². The first-order chi connectivity index (χ1) is 16.4. The van der Waals surface area contributed by atoms with Crippen molar-refractivity contribution in [3.63, 3.8) is 0 Å². The maximum atomic E-state index is 12.0. The molecule has 0 saturated heterocycles. The number of benzene rings is 3. The SMILES string of the molecule is O=C(COc1ccc(/C=N/NC(=O)C(=O)NCc2ccccc2)cc1)Nc1cc(Cl)cc(Cl)c1. The lowest BCUT2D eigenvalue weighted by molar-refractivity contribution is -0.139. The van der Waals surface area contributed by atoms with Crippen molar-refractivity contribution in [2.75, 3.05) is 11.9 Å². The number of carbonyl (C=O) groups is 3. The largest absolute Gasteiger partial charge is 0.484 e. The van der Waals surface area contributed by atoms with Crippen LogP contribution in [0.2, 0.25) is 10.0 Å². The van der Waals surface area contributed by atoms with Gasteiger partial charge in [0.05, 0.1) is 6.21 Å². The number of rotatable bonds is 8. The molecule has 0 bridgehead atoms. The van der Waals surface area contributed by atoms with E-state index in [2.05, 4.69) is 21.2 Å². The van der Waals surface area contributed by atoms with Crippen LogP contribution in [-0.4, -0.2) is 30.5 Å². The van der Waals surface area contributed by atoms with Gasteiger partial charge in [-0.15, -0.1) is 0 Å². The molecule has 0 radical (unpaired) electrons. The second kappa shape index (κ2) is 12.4. The molecule has 0 heterocycles. The highest BCUT2D eigenvalue weighted by Crippen LogP contribution is 2.22. The molecule has 8 nitrogen and oxygen atoms in total. The summed E-state index contributed by atoms with van der Waals surface area (Å²) in [6.07, 6.45) is 1.38. The quantitative estimate of drug-likeness (QED) is 0.249. The lowest BCUT2D eigenvalue weighted by atomic mass is 10.2. The summed E-state index contributed by atoms with van der Waals surface area (Å²) in [6, 6.07) is 20.6. The molecular formula is C24H20Cl2N4O4. The van der Waals surface area contributed by atoms with E-state index in [-0.39, 0.29) is 19.1 Å². The summed E-state index contributed by atoms with van der Waals surface area (Å²) in [5.74, 6) is -1.58. The van der Waals surface area contributed by atoms with Crippen LogP contribution >= 0.6 is 23.2 Å². The molecule has 3 rings (SSSR count). The van der Waals surface area contributed by atoms with E-state index in [1.165, 1.54) is 6.21 Å². The predicted molar refractivity (Wildman–Crippen MR) is 131 cm³/mol. The molecule has 0 spiro atoms. The third-order valence-corrected chi connectivity index (χ3v) is 4.71. The fraction of sp³-hybridized carbons (Fsp3) is 0.0833. The number of hydrogen-bond donors (Lipinski definition) is 3. The van der Waals surface area contributed by atoms with Gasteiger partial charge in [0.1, 0.15) is 5.75 Å². The molecule has 3 aromatic carbocycles. The number of hydrogen-bond acceptors (Lipinski definition) is 5. The van der Waals surface area contributed by atoms with Crippen molar-refractivity contribution in [1.29, 1.82) is 0 Å². The van der Waals surface area contributed by atoms with Gasteiger partial charge in [0.15, 0.2) is 6.61 Å². The molecule has 3 amide bonds. The molecule has 0 aliphatic heterocycles. The average molecular weight is 499 g/mol. The van der Waals surface area contributed by atoms with Crippen LogP contribution in [0.15, 0.2) is 77.9 Å². The van der Waals surface area contributed by atoms with E-state index in [0.717, 1.165) is 5.56 Å².